The molecular formula is C14H16ClN3O2. The number of rotatable bonds is 3. The molecular weight excluding hydrogens is 278 g/mol. The van der Waals surface area contributed by atoms with Gasteiger partial charge in [0.2, 0.25) is 11.8 Å². The molecule has 5 nitrogen and oxygen atoms in total. The average Bonchev–Trinajstić information content (AvgIpc) is 3.09. The number of hydrogen-bond donors (Lipinski definition) is 2. The zero-order valence-electron chi connectivity index (χ0n) is 10.9. The van der Waals surface area contributed by atoms with Gasteiger partial charge in [0, 0.05) is 6.54 Å². The second-order valence-electron chi connectivity index (χ2n) is 5.41. The Morgan fingerprint density at radius 2 is 2.10 bits per heavy atom. The molecule has 3 rings (SSSR count). The number of nitrogens with two attached hydrogens (primary N) is 1. The van der Waals surface area contributed by atoms with Gasteiger partial charge in [0.15, 0.2) is 0 Å². The zero-order chi connectivity index (χ0) is 14.3. The number of carbonyl (C=O) groups excluding carboxylic acids is 2. The van der Waals surface area contributed by atoms with Crippen LogP contribution < -0.4 is 16.0 Å². The molecule has 1 saturated carbocycles. The Labute approximate surface area is 122 Å². The SMILES string of the molecule is NC1(C(=O)NC2CCN(c3ccccc3Cl)C2=O)CC1. The summed E-state index contributed by atoms with van der Waals surface area (Å²) >= 11 is 6.10. The lowest BCUT2D eigenvalue weighted by molar-refractivity contribution is -0.127. The number of anilines is 1. The summed E-state index contributed by atoms with van der Waals surface area (Å²) in [5.74, 6) is -0.354. The minimum atomic E-state index is -0.752. The molecule has 0 aromatic heterocycles. The highest BCUT2D eigenvalue weighted by molar-refractivity contribution is 6.34. The third kappa shape index (κ3) is 2.27. The van der Waals surface area contributed by atoms with Gasteiger partial charge in [0.1, 0.15) is 6.04 Å². The molecule has 2 fully saturated rings. The number of halogens is 1. The van der Waals surface area contributed by atoms with Gasteiger partial charge >= 0.3 is 0 Å². The molecule has 1 aromatic rings. The summed E-state index contributed by atoms with van der Waals surface area (Å²) in [6.45, 7) is 0.547. The van der Waals surface area contributed by atoms with Crippen molar-refractivity contribution < 1.29 is 9.59 Å². The number of hydrogen-bond acceptors (Lipinski definition) is 3. The van der Waals surface area contributed by atoms with E-state index < -0.39 is 11.6 Å². The van der Waals surface area contributed by atoms with Crippen molar-refractivity contribution >= 4 is 29.1 Å². The van der Waals surface area contributed by atoms with Crippen LogP contribution in [0.1, 0.15) is 19.3 Å². The maximum absolute atomic E-state index is 12.4. The fourth-order valence-corrected chi connectivity index (χ4v) is 2.63. The molecule has 1 heterocycles. The molecule has 2 aliphatic rings. The molecule has 1 aliphatic heterocycles. The van der Waals surface area contributed by atoms with E-state index in [9.17, 15) is 9.59 Å². The van der Waals surface area contributed by atoms with Crippen LogP contribution in [0.5, 0.6) is 0 Å². The molecule has 1 unspecified atom stereocenters. The summed E-state index contributed by atoms with van der Waals surface area (Å²) in [6, 6.07) is 6.70. The van der Waals surface area contributed by atoms with Crippen LogP contribution in [0, 0.1) is 0 Å². The van der Waals surface area contributed by atoms with Crippen LogP contribution in [0.4, 0.5) is 5.69 Å². The van der Waals surface area contributed by atoms with Crippen molar-refractivity contribution in [2.45, 2.75) is 30.8 Å². The summed E-state index contributed by atoms with van der Waals surface area (Å²) in [4.78, 5) is 25.9. The zero-order valence-corrected chi connectivity index (χ0v) is 11.7. The number of amides is 2. The van der Waals surface area contributed by atoms with E-state index in [1.807, 2.05) is 12.1 Å². The van der Waals surface area contributed by atoms with Gasteiger partial charge in [-0.25, -0.2) is 0 Å². The molecule has 1 aromatic carbocycles. The third-order valence-electron chi connectivity index (χ3n) is 3.89. The van der Waals surface area contributed by atoms with Gasteiger partial charge in [0.05, 0.1) is 16.2 Å². The molecule has 0 spiro atoms. The fourth-order valence-electron chi connectivity index (χ4n) is 2.39. The average molecular weight is 294 g/mol. The van der Waals surface area contributed by atoms with Crippen molar-refractivity contribution in [3.05, 3.63) is 29.3 Å². The molecule has 1 aliphatic carbocycles. The minimum absolute atomic E-state index is 0.129. The van der Waals surface area contributed by atoms with Gasteiger partial charge < -0.3 is 16.0 Å². The Bertz CT molecular complexity index is 571. The summed E-state index contributed by atoms with van der Waals surface area (Å²) in [5.41, 5.74) is 5.76. The van der Waals surface area contributed by atoms with Gasteiger partial charge in [-0.1, -0.05) is 23.7 Å². The lowest BCUT2D eigenvalue weighted by atomic mass is 10.2. The van der Waals surface area contributed by atoms with Crippen LogP contribution in [0.2, 0.25) is 5.02 Å². The van der Waals surface area contributed by atoms with E-state index in [0.29, 0.717) is 36.5 Å². The second kappa shape index (κ2) is 4.75. The van der Waals surface area contributed by atoms with Crippen molar-refractivity contribution in [3.8, 4) is 0 Å². The number of nitrogens with one attached hydrogen (secondary N) is 1. The second-order valence-corrected chi connectivity index (χ2v) is 5.82. The molecule has 3 N–H and O–H groups in total. The largest absolute Gasteiger partial charge is 0.343 e. The summed E-state index contributed by atoms with van der Waals surface area (Å²) in [7, 11) is 0. The van der Waals surface area contributed by atoms with Gasteiger partial charge in [-0.05, 0) is 31.4 Å². The number of para-hydroxylation sites is 1. The topological polar surface area (TPSA) is 75.4 Å². The van der Waals surface area contributed by atoms with Crippen LogP contribution in [0.3, 0.4) is 0 Å². The molecule has 0 radical (unpaired) electrons. The maximum atomic E-state index is 12.4. The highest BCUT2D eigenvalue weighted by Crippen LogP contribution is 2.33. The van der Waals surface area contributed by atoms with Crippen molar-refractivity contribution in [2.24, 2.45) is 5.73 Å². The first-order valence-corrected chi connectivity index (χ1v) is 7.05. The van der Waals surface area contributed by atoms with E-state index in [-0.39, 0.29) is 11.8 Å². The van der Waals surface area contributed by atoms with E-state index in [0.717, 1.165) is 0 Å². The normalized spacial score (nSPS) is 23.8. The first kappa shape index (κ1) is 13.4. The molecule has 20 heavy (non-hydrogen) atoms. The van der Waals surface area contributed by atoms with Crippen LogP contribution in [0.15, 0.2) is 24.3 Å². The van der Waals surface area contributed by atoms with Crippen molar-refractivity contribution in [1.29, 1.82) is 0 Å². The predicted octanol–water partition coefficient (Wildman–Crippen LogP) is 1.05. The molecule has 1 atom stereocenters. The van der Waals surface area contributed by atoms with Crippen molar-refractivity contribution in [1.82, 2.24) is 5.32 Å². The fraction of sp³-hybridized carbons (Fsp3) is 0.429. The Morgan fingerprint density at radius 3 is 2.75 bits per heavy atom. The van der Waals surface area contributed by atoms with E-state index in [1.165, 1.54) is 0 Å². The van der Waals surface area contributed by atoms with E-state index in [2.05, 4.69) is 5.32 Å². The van der Waals surface area contributed by atoms with E-state index in [4.69, 9.17) is 17.3 Å². The number of carbonyl (C=O) groups is 2. The van der Waals surface area contributed by atoms with Crippen LogP contribution in [-0.4, -0.2) is 29.9 Å². The number of benzene rings is 1. The Kier molecular flexibility index (Phi) is 3.18. The first-order chi connectivity index (χ1) is 9.51. The van der Waals surface area contributed by atoms with Gasteiger partial charge in [-0.15, -0.1) is 0 Å². The standard InChI is InChI=1S/C14H16ClN3O2/c15-9-3-1-2-4-11(9)18-8-5-10(12(18)19)17-13(20)14(16)6-7-14/h1-4,10H,5-8,16H2,(H,17,20). The molecule has 6 heteroatoms. The van der Waals surface area contributed by atoms with Crippen molar-refractivity contribution in [3.63, 3.8) is 0 Å². The van der Waals surface area contributed by atoms with Crippen LogP contribution >= 0.6 is 11.6 Å². The molecule has 0 bridgehead atoms. The van der Waals surface area contributed by atoms with Gasteiger partial charge in [-0.3, -0.25) is 9.59 Å². The quantitative estimate of drug-likeness (QED) is 0.875. The summed E-state index contributed by atoms with van der Waals surface area (Å²) < 4.78 is 0. The van der Waals surface area contributed by atoms with Crippen LogP contribution in [0.25, 0.3) is 0 Å². The van der Waals surface area contributed by atoms with Gasteiger partial charge in [-0.2, -0.15) is 0 Å². The predicted molar refractivity (Wildman–Crippen MR) is 76.5 cm³/mol. The number of nitrogens with zero attached hydrogens (tertiary/aromatic N) is 1. The highest BCUT2D eigenvalue weighted by Gasteiger charge is 2.47. The Morgan fingerprint density at radius 1 is 1.40 bits per heavy atom. The highest BCUT2D eigenvalue weighted by atomic mass is 35.5. The monoisotopic (exact) mass is 293 g/mol. The Hall–Kier alpha value is -1.59. The summed E-state index contributed by atoms with van der Waals surface area (Å²) in [5, 5.41) is 3.28. The summed E-state index contributed by atoms with van der Waals surface area (Å²) in [6.07, 6.45) is 1.95. The van der Waals surface area contributed by atoms with Crippen LogP contribution in [-0.2, 0) is 9.59 Å². The maximum Gasteiger partial charge on any atom is 0.249 e. The van der Waals surface area contributed by atoms with E-state index in [1.54, 1.807) is 17.0 Å². The molecule has 106 valence electrons. The molecule has 1 saturated heterocycles. The lowest BCUT2D eigenvalue weighted by Crippen LogP contribution is -2.49. The third-order valence-corrected chi connectivity index (χ3v) is 4.21. The minimum Gasteiger partial charge on any atom is -0.343 e. The molecule has 2 amide bonds. The smallest absolute Gasteiger partial charge is 0.249 e. The Balaban J connectivity index is 1.71. The van der Waals surface area contributed by atoms with Gasteiger partial charge in [0.25, 0.3) is 0 Å². The first-order valence-electron chi connectivity index (χ1n) is 6.67. The lowest BCUT2D eigenvalue weighted by Gasteiger charge is -2.19. The van der Waals surface area contributed by atoms with E-state index >= 15 is 0 Å². The van der Waals surface area contributed by atoms with Crippen molar-refractivity contribution in [2.75, 3.05) is 11.4 Å².